The van der Waals surface area contributed by atoms with Crippen molar-refractivity contribution in [2.75, 3.05) is 0 Å². The van der Waals surface area contributed by atoms with Gasteiger partial charge in [0.15, 0.2) is 0 Å². The van der Waals surface area contributed by atoms with Crippen molar-refractivity contribution in [1.29, 1.82) is 5.26 Å². The first-order chi connectivity index (χ1) is 8.40. The molecule has 0 aliphatic carbocycles. The smallest absolute Gasteiger partial charge is 0.0966 e. The maximum Gasteiger partial charge on any atom is 0.0966 e. The lowest BCUT2D eigenvalue weighted by Gasteiger charge is -2.12. The molecule has 2 nitrogen and oxygen atoms in total. The number of hydrogen-bond acceptors (Lipinski definition) is 3. The third-order valence-corrected chi connectivity index (χ3v) is 3.56. The van der Waals surface area contributed by atoms with Crippen LogP contribution in [-0.2, 0) is 0 Å². The standard InChI is InChI=1S/C14H12N2S/c15-10-9-13(12-6-2-1-3-7-12)17-14-8-4-5-11-16-14/h1-8,11,13H,9H2. The van der Waals surface area contributed by atoms with Crippen LogP contribution in [0.15, 0.2) is 59.8 Å². The van der Waals surface area contributed by atoms with Crippen LogP contribution in [0.4, 0.5) is 0 Å². The van der Waals surface area contributed by atoms with Crippen molar-refractivity contribution in [1.82, 2.24) is 4.98 Å². The van der Waals surface area contributed by atoms with Crippen LogP contribution < -0.4 is 0 Å². The molecule has 17 heavy (non-hydrogen) atoms. The molecule has 0 N–H and O–H groups in total. The average molecular weight is 240 g/mol. The van der Waals surface area contributed by atoms with E-state index in [4.69, 9.17) is 5.26 Å². The molecule has 84 valence electrons. The molecule has 2 aromatic rings. The van der Waals surface area contributed by atoms with E-state index in [0.717, 1.165) is 5.03 Å². The molecule has 1 heterocycles. The molecular formula is C14H12N2S. The van der Waals surface area contributed by atoms with Gasteiger partial charge in [0.25, 0.3) is 0 Å². The minimum absolute atomic E-state index is 0.149. The second-order valence-corrected chi connectivity index (χ2v) is 4.77. The van der Waals surface area contributed by atoms with Crippen molar-refractivity contribution >= 4 is 11.8 Å². The molecule has 3 heteroatoms. The van der Waals surface area contributed by atoms with E-state index < -0.39 is 0 Å². The van der Waals surface area contributed by atoms with Crippen molar-refractivity contribution in [3.8, 4) is 6.07 Å². The molecule has 0 spiro atoms. The molecule has 0 bridgehead atoms. The molecule has 0 saturated heterocycles. The van der Waals surface area contributed by atoms with Gasteiger partial charge in [0, 0.05) is 11.4 Å². The Bertz CT molecular complexity index is 491. The summed E-state index contributed by atoms with van der Waals surface area (Å²) < 4.78 is 0. The first-order valence-electron chi connectivity index (χ1n) is 5.40. The third kappa shape index (κ3) is 3.33. The minimum atomic E-state index is 0.149. The number of pyridine rings is 1. The summed E-state index contributed by atoms with van der Waals surface area (Å²) in [7, 11) is 0. The van der Waals surface area contributed by atoms with Crippen LogP contribution >= 0.6 is 11.8 Å². The van der Waals surface area contributed by atoms with E-state index in [2.05, 4.69) is 23.2 Å². The van der Waals surface area contributed by atoms with Gasteiger partial charge in [0.2, 0.25) is 0 Å². The number of nitriles is 1. The summed E-state index contributed by atoms with van der Waals surface area (Å²) in [6.07, 6.45) is 2.27. The largest absolute Gasteiger partial charge is 0.250 e. The Morgan fingerprint density at radius 1 is 1.12 bits per heavy atom. The lowest BCUT2D eigenvalue weighted by molar-refractivity contribution is 0.968. The zero-order chi connectivity index (χ0) is 11.9. The normalized spacial score (nSPS) is 11.7. The van der Waals surface area contributed by atoms with Gasteiger partial charge in [-0.15, -0.1) is 0 Å². The third-order valence-electron chi connectivity index (χ3n) is 2.35. The number of thioether (sulfide) groups is 1. The van der Waals surface area contributed by atoms with E-state index in [-0.39, 0.29) is 5.25 Å². The number of benzene rings is 1. The van der Waals surface area contributed by atoms with Gasteiger partial charge in [0.05, 0.1) is 17.5 Å². The Labute approximate surface area is 105 Å². The van der Waals surface area contributed by atoms with Crippen LogP contribution in [0, 0.1) is 11.3 Å². The summed E-state index contributed by atoms with van der Waals surface area (Å²) in [6.45, 7) is 0. The van der Waals surface area contributed by atoms with Crippen LogP contribution in [0.3, 0.4) is 0 Å². The lowest BCUT2D eigenvalue weighted by Crippen LogP contribution is -1.93. The SMILES string of the molecule is N#CCC(Sc1ccccn1)c1ccccc1. The fraction of sp³-hybridized carbons (Fsp3) is 0.143. The zero-order valence-corrected chi connectivity index (χ0v) is 10.1. The number of rotatable bonds is 4. The van der Waals surface area contributed by atoms with E-state index in [1.807, 2.05) is 36.4 Å². The number of hydrogen-bond donors (Lipinski definition) is 0. The molecule has 0 fully saturated rings. The predicted octanol–water partition coefficient (Wildman–Crippen LogP) is 3.83. The van der Waals surface area contributed by atoms with Gasteiger partial charge >= 0.3 is 0 Å². The molecule has 1 unspecified atom stereocenters. The Balaban J connectivity index is 2.17. The number of nitrogens with zero attached hydrogens (tertiary/aromatic N) is 2. The van der Waals surface area contributed by atoms with Gasteiger partial charge in [-0.3, -0.25) is 0 Å². The molecule has 1 atom stereocenters. The second kappa shape index (κ2) is 6.07. The summed E-state index contributed by atoms with van der Waals surface area (Å²) in [6, 6.07) is 18.2. The fourth-order valence-electron chi connectivity index (χ4n) is 1.54. The molecule has 0 radical (unpaired) electrons. The Hall–Kier alpha value is -1.79. The second-order valence-electron chi connectivity index (χ2n) is 3.55. The first kappa shape index (κ1) is 11.7. The van der Waals surface area contributed by atoms with Gasteiger partial charge < -0.3 is 0 Å². The van der Waals surface area contributed by atoms with Crippen molar-refractivity contribution in [2.24, 2.45) is 0 Å². The van der Waals surface area contributed by atoms with Crippen LogP contribution in [0.25, 0.3) is 0 Å². The van der Waals surface area contributed by atoms with E-state index in [1.165, 1.54) is 5.56 Å². The summed E-state index contributed by atoms with van der Waals surface area (Å²) in [5, 5.41) is 10.00. The van der Waals surface area contributed by atoms with E-state index in [0.29, 0.717) is 6.42 Å². The summed E-state index contributed by atoms with van der Waals surface area (Å²) in [5.41, 5.74) is 1.17. The Morgan fingerprint density at radius 3 is 2.53 bits per heavy atom. The highest BCUT2D eigenvalue weighted by atomic mass is 32.2. The van der Waals surface area contributed by atoms with Crippen molar-refractivity contribution in [3.05, 3.63) is 60.3 Å². The van der Waals surface area contributed by atoms with E-state index >= 15 is 0 Å². The van der Waals surface area contributed by atoms with Crippen LogP contribution in [0.2, 0.25) is 0 Å². The molecular weight excluding hydrogens is 228 g/mol. The van der Waals surface area contributed by atoms with Crippen LogP contribution in [-0.4, -0.2) is 4.98 Å². The van der Waals surface area contributed by atoms with E-state index in [9.17, 15) is 0 Å². The van der Waals surface area contributed by atoms with Gasteiger partial charge in [0.1, 0.15) is 0 Å². The summed E-state index contributed by atoms with van der Waals surface area (Å²) >= 11 is 1.63. The summed E-state index contributed by atoms with van der Waals surface area (Å²) in [4.78, 5) is 4.28. The van der Waals surface area contributed by atoms with Gasteiger partial charge in [-0.1, -0.05) is 48.2 Å². The van der Waals surface area contributed by atoms with Gasteiger partial charge in [-0.05, 0) is 17.7 Å². The predicted molar refractivity (Wildman–Crippen MR) is 69.5 cm³/mol. The maximum atomic E-state index is 8.89. The van der Waals surface area contributed by atoms with Gasteiger partial charge in [-0.2, -0.15) is 5.26 Å². The zero-order valence-electron chi connectivity index (χ0n) is 9.28. The lowest BCUT2D eigenvalue weighted by atomic mass is 10.1. The van der Waals surface area contributed by atoms with E-state index in [1.54, 1.807) is 18.0 Å². The molecule has 0 aliphatic rings. The molecule has 0 aliphatic heterocycles. The Morgan fingerprint density at radius 2 is 1.88 bits per heavy atom. The van der Waals surface area contributed by atoms with Crippen molar-refractivity contribution in [2.45, 2.75) is 16.7 Å². The maximum absolute atomic E-state index is 8.89. The van der Waals surface area contributed by atoms with Crippen molar-refractivity contribution in [3.63, 3.8) is 0 Å². The van der Waals surface area contributed by atoms with Gasteiger partial charge in [-0.25, -0.2) is 4.98 Å². The molecule has 0 saturated carbocycles. The highest BCUT2D eigenvalue weighted by molar-refractivity contribution is 7.99. The average Bonchev–Trinajstić information content (AvgIpc) is 2.40. The highest BCUT2D eigenvalue weighted by Gasteiger charge is 2.12. The number of aromatic nitrogens is 1. The molecule has 1 aromatic carbocycles. The van der Waals surface area contributed by atoms with Crippen LogP contribution in [0.1, 0.15) is 17.2 Å². The molecule has 2 rings (SSSR count). The molecule has 0 amide bonds. The quantitative estimate of drug-likeness (QED) is 0.762. The highest BCUT2D eigenvalue weighted by Crippen LogP contribution is 2.36. The summed E-state index contributed by atoms with van der Waals surface area (Å²) in [5.74, 6) is 0. The minimum Gasteiger partial charge on any atom is -0.250 e. The Kier molecular flexibility index (Phi) is 4.17. The topological polar surface area (TPSA) is 36.7 Å². The molecule has 1 aromatic heterocycles. The fourth-order valence-corrected chi connectivity index (χ4v) is 2.56. The van der Waals surface area contributed by atoms with Crippen molar-refractivity contribution < 1.29 is 0 Å². The monoisotopic (exact) mass is 240 g/mol. The first-order valence-corrected chi connectivity index (χ1v) is 6.27. The van der Waals surface area contributed by atoms with Crippen LogP contribution in [0.5, 0.6) is 0 Å².